The van der Waals surface area contributed by atoms with E-state index in [1.54, 1.807) is 0 Å². The number of nitriles is 1. The zero-order valence-corrected chi connectivity index (χ0v) is 27.2. The number of hydrogen-bond acceptors (Lipinski definition) is 4. The van der Waals surface area contributed by atoms with Crippen LogP contribution in [0.15, 0.2) is 133 Å². The standard InChI is InChI=1S/C45H31N3O/c1-45(2)37-20-18-28(27-46)22-42(37)49-41-21-19-31(25-38(41)45)35-16-6-7-17-36(35)40-26-39(47-44(48-40)30-10-4-3-5-11-30)34-23-32-14-8-12-29-13-9-15-33(24-34)43(29)32/h3-12,14-26H,13H2,1-2H3. The Labute approximate surface area is 285 Å². The van der Waals surface area contributed by atoms with Gasteiger partial charge in [-0.05, 0) is 81.9 Å². The minimum absolute atomic E-state index is 0.324. The highest BCUT2D eigenvalue weighted by atomic mass is 16.5. The second-order valence-electron chi connectivity index (χ2n) is 13.3. The minimum Gasteiger partial charge on any atom is -0.457 e. The molecule has 9 rings (SSSR count). The lowest BCUT2D eigenvalue weighted by molar-refractivity contribution is 0.418. The van der Waals surface area contributed by atoms with Gasteiger partial charge in [0.25, 0.3) is 0 Å². The summed E-state index contributed by atoms with van der Waals surface area (Å²) in [6.45, 7) is 4.43. The van der Waals surface area contributed by atoms with Crippen molar-refractivity contribution in [3.05, 3.63) is 161 Å². The summed E-state index contributed by atoms with van der Waals surface area (Å²) in [6, 6.07) is 46.3. The fourth-order valence-electron chi connectivity index (χ4n) is 7.44. The third-order valence-corrected chi connectivity index (χ3v) is 9.95. The van der Waals surface area contributed by atoms with Crippen molar-refractivity contribution >= 4 is 16.8 Å². The summed E-state index contributed by atoms with van der Waals surface area (Å²) in [5.41, 5.74) is 12.0. The van der Waals surface area contributed by atoms with Crippen LogP contribution in [0.25, 0.3) is 61.9 Å². The van der Waals surface area contributed by atoms with E-state index in [-0.39, 0.29) is 5.41 Å². The number of rotatable bonds is 4. The van der Waals surface area contributed by atoms with E-state index in [2.05, 4.69) is 123 Å². The monoisotopic (exact) mass is 629 g/mol. The first-order valence-corrected chi connectivity index (χ1v) is 16.6. The van der Waals surface area contributed by atoms with Gasteiger partial charge in [-0.2, -0.15) is 5.26 Å². The third kappa shape index (κ3) is 4.82. The Kier molecular flexibility index (Phi) is 6.57. The van der Waals surface area contributed by atoms with Crippen LogP contribution in [0.2, 0.25) is 0 Å². The Hall–Kier alpha value is -6.31. The maximum Gasteiger partial charge on any atom is 0.160 e. The summed E-state index contributed by atoms with van der Waals surface area (Å²) in [6.07, 6.45) is 5.43. The van der Waals surface area contributed by atoms with Gasteiger partial charge in [-0.25, -0.2) is 9.97 Å². The number of aromatic nitrogens is 2. The normalized spacial score (nSPS) is 13.7. The molecule has 232 valence electrons. The lowest BCUT2D eigenvalue weighted by Gasteiger charge is -2.35. The fourth-order valence-corrected chi connectivity index (χ4v) is 7.44. The molecule has 1 aliphatic carbocycles. The molecule has 7 aromatic rings. The van der Waals surface area contributed by atoms with Crippen molar-refractivity contribution in [3.8, 4) is 62.6 Å². The summed E-state index contributed by atoms with van der Waals surface area (Å²) in [5.74, 6) is 2.23. The largest absolute Gasteiger partial charge is 0.457 e. The van der Waals surface area contributed by atoms with Gasteiger partial charge in [-0.3, -0.25) is 0 Å². The first-order chi connectivity index (χ1) is 24.0. The summed E-state index contributed by atoms with van der Waals surface area (Å²) in [4.78, 5) is 10.4. The predicted octanol–water partition coefficient (Wildman–Crippen LogP) is 11.2. The average Bonchev–Trinajstić information content (AvgIpc) is 3.15. The van der Waals surface area contributed by atoms with Crippen molar-refractivity contribution in [3.63, 3.8) is 0 Å². The van der Waals surface area contributed by atoms with Gasteiger partial charge in [0, 0.05) is 33.2 Å². The maximum atomic E-state index is 9.47. The van der Waals surface area contributed by atoms with Gasteiger partial charge in [0.05, 0.1) is 23.0 Å². The van der Waals surface area contributed by atoms with Gasteiger partial charge >= 0.3 is 0 Å². The van der Waals surface area contributed by atoms with Gasteiger partial charge in [0.1, 0.15) is 11.5 Å². The number of benzene rings is 6. The van der Waals surface area contributed by atoms with Crippen LogP contribution in [0.3, 0.4) is 0 Å². The molecule has 2 heterocycles. The van der Waals surface area contributed by atoms with Crippen LogP contribution < -0.4 is 4.74 Å². The van der Waals surface area contributed by atoms with Crippen LogP contribution in [0.5, 0.6) is 11.5 Å². The second kappa shape index (κ2) is 11.1. The molecule has 0 saturated carbocycles. The van der Waals surface area contributed by atoms with E-state index in [0.29, 0.717) is 11.4 Å². The summed E-state index contributed by atoms with van der Waals surface area (Å²) < 4.78 is 6.38. The highest BCUT2D eigenvalue weighted by Crippen LogP contribution is 2.49. The Morgan fingerprint density at radius 1 is 0.653 bits per heavy atom. The van der Waals surface area contributed by atoms with Crippen LogP contribution in [0, 0.1) is 11.3 Å². The van der Waals surface area contributed by atoms with Gasteiger partial charge in [-0.1, -0.05) is 111 Å². The van der Waals surface area contributed by atoms with Gasteiger partial charge in [0.15, 0.2) is 5.82 Å². The lowest BCUT2D eigenvalue weighted by Crippen LogP contribution is -2.24. The first kappa shape index (κ1) is 28.9. The van der Waals surface area contributed by atoms with E-state index < -0.39 is 0 Å². The maximum absolute atomic E-state index is 9.47. The molecule has 4 heteroatoms. The summed E-state index contributed by atoms with van der Waals surface area (Å²) >= 11 is 0. The van der Waals surface area contributed by atoms with Crippen molar-refractivity contribution in [1.82, 2.24) is 9.97 Å². The Bertz CT molecular complexity index is 2540. The third-order valence-electron chi connectivity index (χ3n) is 9.95. The van der Waals surface area contributed by atoms with E-state index in [1.807, 2.05) is 36.4 Å². The quantitative estimate of drug-likeness (QED) is 0.194. The Morgan fingerprint density at radius 2 is 1.47 bits per heavy atom. The second-order valence-corrected chi connectivity index (χ2v) is 13.3. The van der Waals surface area contributed by atoms with Crippen molar-refractivity contribution < 1.29 is 4.74 Å². The van der Waals surface area contributed by atoms with E-state index in [4.69, 9.17) is 14.7 Å². The molecule has 49 heavy (non-hydrogen) atoms. The number of nitrogens with zero attached hydrogens (tertiary/aromatic N) is 3. The van der Waals surface area contributed by atoms with Crippen LogP contribution >= 0.6 is 0 Å². The molecule has 0 atom stereocenters. The molecule has 0 bridgehead atoms. The molecular formula is C45H31N3O. The molecule has 0 unspecified atom stereocenters. The number of fused-ring (bicyclic) bond motifs is 2. The molecule has 1 aromatic heterocycles. The average molecular weight is 630 g/mol. The van der Waals surface area contributed by atoms with E-state index in [0.717, 1.165) is 68.3 Å². The molecule has 1 aliphatic heterocycles. The van der Waals surface area contributed by atoms with Crippen LogP contribution in [0.4, 0.5) is 0 Å². The van der Waals surface area contributed by atoms with E-state index in [9.17, 15) is 5.26 Å². The van der Waals surface area contributed by atoms with Crippen LogP contribution in [-0.2, 0) is 11.8 Å². The summed E-state index contributed by atoms with van der Waals surface area (Å²) in [5, 5.41) is 12.0. The topological polar surface area (TPSA) is 58.8 Å². The van der Waals surface area contributed by atoms with Gasteiger partial charge in [0.2, 0.25) is 0 Å². The van der Waals surface area contributed by atoms with Crippen molar-refractivity contribution in [2.45, 2.75) is 25.7 Å². The highest BCUT2D eigenvalue weighted by Gasteiger charge is 2.35. The van der Waals surface area contributed by atoms with Gasteiger partial charge in [-0.15, -0.1) is 0 Å². The first-order valence-electron chi connectivity index (χ1n) is 16.6. The molecular weight excluding hydrogens is 599 g/mol. The van der Waals surface area contributed by atoms with E-state index >= 15 is 0 Å². The number of hydrogen-bond donors (Lipinski definition) is 0. The molecule has 0 spiro atoms. The summed E-state index contributed by atoms with van der Waals surface area (Å²) in [7, 11) is 0. The lowest BCUT2D eigenvalue weighted by atomic mass is 9.74. The smallest absolute Gasteiger partial charge is 0.160 e. The Balaban J connectivity index is 1.20. The number of allylic oxidation sites excluding steroid dienone is 1. The highest BCUT2D eigenvalue weighted by molar-refractivity contribution is 5.98. The molecule has 2 aliphatic rings. The molecule has 4 nitrogen and oxygen atoms in total. The SMILES string of the molecule is CC1(C)c2ccc(C#N)cc2Oc2ccc(-c3ccccc3-c3cc(-c4cc5c6c(cccc6c4)CC=C5)nc(-c4ccccc4)n3)cc21. The molecule has 0 saturated heterocycles. The van der Waals surface area contributed by atoms with Crippen LogP contribution in [0.1, 0.15) is 41.7 Å². The Morgan fingerprint density at radius 3 is 2.33 bits per heavy atom. The molecule has 6 aromatic carbocycles. The minimum atomic E-state index is -0.324. The number of ether oxygens (including phenoxy) is 1. The van der Waals surface area contributed by atoms with Crippen LogP contribution in [-0.4, -0.2) is 9.97 Å². The zero-order chi connectivity index (χ0) is 33.1. The molecule has 0 fully saturated rings. The molecule has 0 amide bonds. The molecule has 0 radical (unpaired) electrons. The van der Waals surface area contributed by atoms with Crippen molar-refractivity contribution in [2.24, 2.45) is 0 Å². The zero-order valence-electron chi connectivity index (χ0n) is 27.2. The fraction of sp³-hybridized carbons (Fsp3) is 0.0889. The predicted molar refractivity (Wildman–Crippen MR) is 197 cm³/mol. The van der Waals surface area contributed by atoms with Crippen molar-refractivity contribution in [1.29, 1.82) is 5.26 Å². The van der Waals surface area contributed by atoms with Gasteiger partial charge < -0.3 is 4.74 Å². The molecule has 0 N–H and O–H groups in total. The van der Waals surface area contributed by atoms with E-state index in [1.165, 1.54) is 21.9 Å². The van der Waals surface area contributed by atoms with Crippen molar-refractivity contribution in [2.75, 3.05) is 0 Å².